The van der Waals surface area contributed by atoms with Crippen LogP contribution < -0.4 is 5.73 Å². The third-order valence-electron chi connectivity index (χ3n) is 6.82. The molecule has 0 spiro atoms. The van der Waals surface area contributed by atoms with Crippen LogP contribution in [0.5, 0.6) is 0 Å². The standard InChI is InChI=1S/C32H25F6N5O/c1-30(2,3)24-17-23(22-16-20(31(33,34)35)14-15-21(22)27(39)44)43(42-24)28-25(18-10-6-4-7-11-18)26(19-12-8-5-9-13-19)40-29(41-28)32(36,37)38/h4-17H,1-3H3,(H2,39,44). The molecule has 5 rings (SSSR count). The number of hydrogen-bond acceptors (Lipinski definition) is 4. The highest BCUT2D eigenvalue weighted by molar-refractivity contribution is 6.00. The van der Waals surface area contributed by atoms with Crippen LogP contribution >= 0.6 is 0 Å². The Morgan fingerprint density at radius 3 is 1.86 bits per heavy atom. The number of nitrogens with zero attached hydrogens (tertiary/aromatic N) is 4. The maximum atomic E-state index is 14.3. The summed E-state index contributed by atoms with van der Waals surface area (Å²) in [7, 11) is 0. The lowest BCUT2D eigenvalue weighted by atomic mass is 9.91. The first-order valence-corrected chi connectivity index (χ1v) is 13.3. The van der Waals surface area contributed by atoms with Crippen LogP contribution in [0.4, 0.5) is 26.3 Å². The van der Waals surface area contributed by atoms with Crippen molar-refractivity contribution in [3.05, 3.63) is 108 Å². The molecule has 0 saturated carbocycles. The van der Waals surface area contributed by atoms with Gasteiger partial charge in [0.05, 0.1) is 28.2 Å². The highest BCUT2D eigenvalue weighted by Gasteiger charge is 2.38. The molecule has 0 atom stereocenters. The fourth-order valence-corrected chi connectivity index (χ4v) is 4.65. The minimum Gasteiger partial charge on any atom is -0.366 e. The Hall–Kier alpha value is -5.00. The van der Waals surface area contributed by atoms with E-state index in [1.54, 1.807) is 81.4 Å². The molecule has 0 fully saturated rings. The summed E-state index contributed by atoms with van der Waals surface area (Å²) in [5.41, 5.74) is 4.23. The molecule has 2 N–H and O–H groups in total. The number of primary amides is 1. The normalized spacial score (nSPS) is 12.4. The molecule has 3 aromatic carbocycles. The topological polar surface area (TPSA) is 86.7 Å². The molecule has 1 amide bonds. The maximum Gasteiger partial charge on any atom is 0.451 e. The Morgan fingerprint density at radius 2 is 1.34 bits per heavy atom. The molecule has 0 aliphatic rings. The second kappa shape index (κ2) is 10.9. The first-order valence-electron chi connectivity index (χ1n) is 13.3. The van der Waals surface area contributed by atoms with Gasteiger partial charge >= 0.3 is 12.4 Å². The van der Waals surface area contributed by atoms with Gasteiger partial charge < -0.3 is 5.73 Å². The van der Waals surface area contributed by atoms with Gasteiger partial charge in [0, 0.05) is 22.1 Å². The average Bonchev–Trinajstić information content (AvgIpc) is 3.42. The van der Waals surface area contributed by atoms with Crippen LogP contribution in [0.2, 0.25) is 0 Å². The molecule has 0 radical (unpaired) electrons. The molecule has 0 bridgehead atoms. The first-order chi connectivity index (χ1) is 20.6. The summed E-state index contributed by atoms with van der Waals surface area (Å²) in [4.78, 5) is 20.3. The summed E-state index contributed by atoms with van der Waals surface area (Å²) in [6, 6.07) is 20.3. The van der Waals surface area contributed by atoms with Crippen molar-refractivity contribution in [2.75, 3.05) is 0 Å². The Labute approximate surface area is 248 Å². The van der Waals surface area contributed by atoms with E-state index in [0.717, 1.165) is 16.8 Å². The summed E-state index contributed by atoms with van der Waals surface area (Å²) < 4.78 is 85.7. The number of carbonyl (C=O) groups excluding carboxylic acids is 1. The SMILES string of the molecule is CC(C)(C)c1cc(-c2cc(C(F)(F)F)ccc2C(N)=O)n(-c2nc(C(F)(F)F)nc(-c3ccccc3)c2-c2ccccc2)n1. The number of hydrogen-bond donors (Lipinski definition) is 1. The molecule has 226 valence electrons. The van der Waals surface area contributed by atoms with E-state index in [2.05, 4.69) is 15.1 Å². The number of halogens is 6. The van der Waals surface area contributed by atoms with Crippen molar-refractivity contribution in [2.45, 2.75) is 38.5 Å². The predicted molar refractivity (Wildman–Crippen MR) is 153 cm³/mol. The second-order valence-electron chi connectivity index (χ2n) is 11.0. The van der Waals surface area contributed by atoms with Gasteiger partial charge in [-0.15, -0.1) is 0 Å². The smallest absolute Gasteiger partial charge is 0.366 e. The monoisotopic (exact) mass is 609 g/mol. The highest BCUT2D eigenvalue weighted by Crippen LogP contribution is 2.41. The highest BCUT2D eigenvalue weighted by atomic mass is 19.4. The number of carbonyl (C=O) groups is 1. The third kappa shape index (κ3) is 5.92. The van der Waals surface area contributed by atoms with Crippen molar-refractivity contribution in [1.82, 2.24) is 19.7 Å². The van der Waals surface area contributed by atoms with Gasteiger partial charge in [-0.25, -0.2) is 14.6 Å². The lowest BCUT2D eigenvalue weighted by Crippen LogP contribution is -2.18. The lowest BCUT2D eigenvalue weighted by Gasteiger charge is -2.19. The van der Waals surface area contributed by atoms with Crippen LogP contribution in [0.25, 0.3) is 39.5 Å². The summed E-state index contributed by atoms with van der Waals surface area (Å²) in [6.07, 6.45) is -9.79. The van der Waals surface area contributed by atoms with Crippen molar-refractivity contribution in [1.29, 1.82) is 0 Å². The van der Waals surface area contributed by atoms with Gasteiger partial charge in [-0.1, -0.05) is 81.4 Å². The van der Waals surface area contributed by atoms with E-state index < -0.39 is 35.1 Å². The fraction of sp³-hybridized carbons (Fsp3) is 0.188. The summed E-state index contributed by atoms with van der Waals surface area (Å²) in [5, 5.41) is 4.59. The van der Waals surface area contributed by atoms with E-state index in [1.807, 2.05) is 0 Å². The number of aromatic nitrogens is 4. The largest absolute Gasteiger partial charge is 0.451 e. The molecule has 0 saturated heterocycles. The molecule has 6 nitrogen and oxygen atoms in total. The fourth-order valence-electron chi connectivity index (χ4n) is 4.65. The number of amides is 1. The van der Waals surface area contributed by atoms with Gasteiger partial charge in [0.1, 0.15) is 0 Å². The summed E-state index contributed by atoms with van der Waals surface area (Å²) >= 11 is 0. The molecular weight excluding hydrogens is 584 g/mol. The number of nitrogens with two attached hydrogens (primary N) is 1. The molecule has 12 heteroatoms. The van der Waals surface area contributed by atoms with Crippen molar-refractivity contribution in [3.63, 3.8) is 0 Å². The van der Waals surface area contributed by atoms with Gasteiger partial charge in [0.15, 0.2) is 5.82 Å². The quantitative estimate of drug-likeness (QED) is 0.204. The van der Waals surface area contributed by atoms with Crippen LogP contribution in [0.1, 0.15) is 48.2 Å². The Bertz CT molecular complexity index is 1840. The molecule has 0 aliphatic heterocycles. The molecule has 44 heavy (non-hydrogen) atoms. The van der Waals surface area contributed by atoms with Crippen molar-refractivity contribution < 1.29 is 31.1 Å². The Morgan fingerprint density at radius 1 is 0.750 bits per heavy atom. The summed E-state index contributed by atoms with van der Waals surface area (Å²) in [6.45, 7) is 5.33. The van der Waals surface area contributed by atoms with Gasteiger partial charge in [-0.05, 0) is 29.8 Å². The molecule has 0 unspecified atom stereocenters. The van der Waals surface area contributed by atoms with E-state index in [-0.39, 0.29) is 33.9 Å². The van der Waals surface area contributed by atoms with Crippen molar-refractivity contribution in [2.24, 2.45) is 5.73 Å². The number of alkyl halides is 6. The second-order valence-corrected chi connectivity index (χ2v) is 11.0. The Kier molecular flexibility index (Phi) is 7.56. The zero-order valence-corrected chi connectivity index (χ0v) is 23.6. The molecule has 2 heterocycles. The number of rotatable bonds is 5. The molecule has 5 aromatic rings. The van der Waals surface area contributed by atoms with E-state index >= 15 is 0 Å². The Balaban J connectivity index is 1.98. The van der Waals surface area contributed by atoms with E-state index in [1.165, 1.54) is 6.07 Å². The van der Waals surface area contributed by atoms with Gasteiger partial charge in [-0.2, -0.15) is 31.4 Å². The minimum atomic E-state index is -5.00. The molecular formula is C32H25F6N5O. The van der Waals surface area contributed by atoms with Crippen LogP contribution in [0, 0.1) is 0 Å². The molecule has 2 aromatic heterocycles. The van der Waals surface area contributed by atoms with Crippen LogP contribution in [-0.2, 0) is 17.8 Å². The van der Waals surface area contributed by atoms with Crippen LogP contribution in [0.3, 0.4) is 0 Å². The zero-order valence-electron chi connectivity index (χ0n) is 23.6. The summed E-state index contributed by atoms with van der Waals surface area (Å²) in [5.74, 6) is -2.87. The van der Waals surface area contributed by atoms with Crippen LogP contribution in [0.15, 0.2) is 84.9 Å². The van der Waals surface area contributed by atoms with Gasteiger partial charge in [-0.3, -0.25) is 4.79 Å². The average molecular weight is 610 g/mol. The predicted octanol–water partition coefficient (Wildman–Crippen LogP) is 8.10. The minimum absolute atomic E-state index is 0.0768. The van der Waals surface area contributed by atoms with Crippen molar-refractivity contribution in [3.8, 4) is 39.5 Å². The maximum absolute atomic E-state index is 14.3. The van der Waals surface area contributed by atoms with Crippen molar-refractivity contribution >= 4 is 5.91 Å². The number of benzene rings is 3. The molecule has 0 aliphatic carbocycles. The van der Waals surface area contributed by atoms with E-state index in [9.17, 15) is 31.1 Å². The van der Waals surface area contributed by atoms with Crippen LogP contribution in [-0.4, -0.2) is 25.7 Å². The van der Waals surface area contributed by atoms with E-state index in [0.29, 0.717) is 22.9 Å². The van der Waals surface area contributed by atoms with E-state index in [4.69, 9.17) is 5.73 Å². The van der Waals surface area contributed by atoms with Gasteiger partial charge in [0.2, 0.25) is 11.7 Å². The zero-order chi connectivity index (χ0) is 32.0. The first kappa shape index (κ1) is 30.5. The lowest BCUT2D eigenvalue weighted by molar-refractivity contribution is -0.145. The third-order valence-corrected chi connectivity index (χ3v) is 6.82. The van der Waals surface area contributed by atoms with Gasteiger partial charge in [0.25, 0.3) is 0 Å².